The van der Waals surface area contributed by atoms with Gasteiger partial charge in [-0.05, 0) is 40.7 Å². The van der Waals surface area contributed by atoms with Gasteiger partial charge < -0.3 is 15.7 Å². The Morgan fingerprint density at radius 3 is 2.32 bits per heavy atom. The van der Waals surface area contributed by atoms with E-state index >= 15 is 0 Å². The molecule has 1 atom stereocenters. The van der Waals surface area contributed by atoms with E-state index in [1.165, 1.54) is 0 Å². The average molecular weight is 411 g/mol. The van der Waals surface area contributed by atoms with Crippen LogP contribution in [0.2, 0.25) is 0 Å². The lowest BCUT2D eigenvalue weighted by Gasteiger charge is -2.34. The lowest BCUT2D eigenvalue weighted by atomic mass is 9.73. The number of fused-ring (bicyclic) bond motifs is 1. The number of phenolic OH excluding ortho intramolecular Hbond substituents is 1. The van der Waals surface area contributed by atoms with Gasteiger partial charge in [-0.1, -0.05) is 74.5 Å². The Balaban J connectivity index is 1.61. The van der Waals surface area contributed by atoms with Crippen LogP contribution in [-0.2, 0) is 4.79 Å². The molecule has 2 aliphatic rings. The number of aromatic hydroxyl groups is 1. The van der Waals surface area contributed by atoms with E-state index in [0.29, 0.717) is 12.1 Å². The summed E-state index contributed by atoms with van der Waals surface area (Å²) in [7, 11) is 0. The summed E-state index contributed by atoms with van der Waals surface area (Å²) < 4.78 is 0. The molecule has 1 heterocycles. The van der Waals surface area contributed by atoms with E-state index in [2.05, 4.69) is 60.9 Å². The molecule has 1 aliphatic heterocycles. The van der Waals surface area contributed by atoms with E-state index in [-0.39, 0.29) is 23.0 Å². The van der Waals surface area contributed by atoms with Gasteiger partial charge in [-0.15, -0.1) is 0 Å². The number of anilines is 2. The van der Waals surface area contributed by atoms with Gasteiger partial charge in [-0.3, -0.25) is 4.79 Å². The first kappa shape index (κ1) is 19.4. The fraction of sp³-hybridized carbons (Fsp3) is 0.222. The lowest BCUT2D eigenvalue weighted by Crippen LogP contribution is -2.31. The predicted octanol–water partition coefficient (Wildman–Crippen LogP) is 6.28. The lowest BCUT2D eigenvalue weighted by molar-refractivity contribution is -0.118. The molecule has 3 aromatic rings. The van der Waals surface area contributed by atoms with Crippen LogP contribution in [0.25, 0.3) is 11.1 Å². The zero-order chi connectivity index (χ0) is 21.6. The summed E-state index contributed by atoms with van der Waals surface area (Å²) in [6.45, 7) is 4.23. The van der Waals surface area contributed by atoms with Gasteiger partial charge in [0, 0.05) is 17.7 Å². The van der Waals surface area contributed by atoms with Crippen molar-refractivity contribution >= 4 is 17.2 Å². The molecule has 3 N–H and O–H groups in total. The third-order valence-electron chi connectivity index (χ3n) is 6.18. The second kappa shape index (κ2) is 7.31. The molecule has 0 spiro atoms. The van der Waals surface area contributed by atoms with Crippen molar-refractivity contribution in [2.24, 2.45) is 5.41 Å². The van der Waals surface area contributed by atoms with Gasteiger partial charge in [0.2, 0.25) is 0 Å². The monoisotopic (exact) mass is 410 g/mol. The number of allylic oxidation sites excluding steroid dienone is 1. The van der Waals surface area contributed by atoms with Crippen LogP contribution in [-0.4, -0.2) is 10.9 Å². The zero-order valence-electron chi connectivity index (χ0n) is 17.8. The molecule has 31 heavy (non-hydrogen) atoms. The highest BCUT2D eigenvalue weighted by molar-refractivity contribution is 6.01. The van der Waals surface area contributed by atoms with Gasteiger partial charge in [0.25, 0.3) is 0 Å². The maximum Gasteiger partial charge on any atom is 0.163 e. The Morgan fingerprint density at radius 1 is 0.871 bits per heavy atom. The number of benzene rings is 3. The molecule has 1 aliphatic carbocycles. The highest BCUT2D eigenvalue weighted by Crippen LogP contribution is 2.47. The maximum atomic E-state index is 13.3. The Bertz CT molecular complexity index is 1180. The smallest absolute Gasteiger partial charge is 0.163 e. The first-order chi connectivity index (χ1) is 14.9. The Labute approximate surface area is 182 Å². The van der Waals surface area contributed by atoms with Crippen molar-refractivity contribution in [2.75, 3.05) is 10.6 Å². The summed E-state index contributed by atoms with van der Waals surface area (Å²) in [5, 5.41) is 17.4. The van der Waals surface area contributed by atoms with E-state index in [0.717, 1.165) is 40.1 Å². The minimum Gasteiger partial charge on any atom is -0.506 e. The first-order valence-electron chi connectivity index (χ1n) is 10.7. The van der Waals surface area contributed by atoms with E-state index in [1.54, 1.807) is 6.07 Å². The highest BCUT2D eigenvalue weighted by Gasteiger charge is 2.39. The summed E-state index contributed by atoms with van der Waals surface area (Å²) in [6.07, 6.45) is 1.26. The van der Waals surface area contributed by atoms with Crippen LogP contribution in [0.1, 0.15) is 38.3 Å². The number of para-hydroxylation sites is 1. The van der Waals surface area contributed by atoms with Crippen molar-refractivity contribution in [3.8, 4) is 16.9 Å². The number of carbonyl (C=O) groups is 1. The largest absolute Gasteiger partial charge is 0.506 e. The number of nitrogens with one attached hydrogen (secondary N) is 2. The standard InChI is InChI=1S/C27H26N2O2/c1-27(2)15-21-24(23(31)16-27)25(28-20-9-6-10-22(30)26(20)29-21)19-13-11-18(12-14-19)17-7-4-3-5-8-17/h3-14,25,28-30H,15-16H2,1-2H3. The second-order valence-electron chi connectivity index (χ2n) is 9.22. The predicted molar refractivity (Wildman–Crippen MR) is 125 cm³/mol. The van der Waals surface area contributed by atoms with Gasteiger partial charge >= 0.3 is 0 Å². The summed E-state index contributed by atoms with van der Waals surface area (Å²) in [4.78, 5) is 13.3. The van der Waals surface area contributed by atoms with E-state index < -0.39 is 0 Å². The molecule has 0 radical (unpaired) electrons. The molecule has 0 bridgehead atoms. The molecule has 3 aromatic carbocycles. The Hall–Kier alpha value is -3.53. The summed E-state index contributed by atoms with van der Waals surface area (Å²) in [5.41, 5.74) is 6.28. The maximum absolute atomic E-state index is 13.3. The number of ketones is 1. The number of phenols is 1. The molecule has 156 valence electrons. The van der Waals surface area contributed by atoms with Crippen molar-refractivity contribution in [2.45, 2.75) is 32.7 Å². The molecular weight excluding hydrogens is 384 g/mol. The van der Waals surface area contributed by atoms with Gasteiger partial charge in [-0.25, -0.2) is 0 Å². The van der Waals surface area contributed by atoms with Crippen LogP contribution in [0.15, 0.2) is 84.1 Å². The van der Waals surface area contributed by atoms with Gasteiger partial charge in [-0.2, -0.15) is 0 Å². The van der Waals surface area contributed by atoms with Crippen molar-refractivity contribution in [3.05, 3.63) is 89.6 Å². The molecule has 1 unspecified atom stereocenters. The van der Waals surface area contributed by atoms with Crippen LogP contribution < -0.4 is 10.6 Å². The Kier molecular flexibility index (Phi) is 4.58. The van der Waals surface area contributed by atoms with Crippen molar-refractivity contribution < 1.29 is 9.90 Å². The van der Waals surface area contributed by atoms with E-state index in [9.17, 15) is 9.90 Å². The quantitative estimate of drug-likeness (QED) is 0.435. The fourth-order valence-corrected chi connectivity index (χ4v) is 4.70. The highest BCUT2D eigenvalue weighted by atomic mass is 16.3. The molecule has 0 saturated carbocycles. The molecular formula is C27H26N2O2. The van der Waals surface area contributed by atoms with Gasteiger partial charge in [0.05, 0.1) is 11.7 Å². The summed E-state index contributed by atoms with van der Waals surface area (Å²) >= 11 is 0. The zero-order valence-corrected chi connectivity index (χ0v) is 17.8. The molecule has 0 amide bonds. The van der Waals surface area contributed by atoms with Gasteiger partial charge in [0.1, 0.15) is 11.4 Å². The normalized spacial score (nSPS) is 19.5. The van der Waals surface area contributed by atoms with E-state index in [4.69, 9.17) is 0 Å². The molecule has 4 heteroatoms. The topological polar surface area (TPSA) is 61.4 Å². The summed E-state index contributed by atoms with van der Waals surface area (Å²) in [5.74, 6) is 0.323. The minimum atomic E-state index is -0.279. The molecule has 5 rings (SSSR count). The van der Waals surface area contributed by atoms with Crippen LogP contribution in [0.3, 0.4) is 0 Å². The number of rotatable bonds is 2. The van der Waals surface area contributed by atoms with Crippen molar-refractivity contribution in [3.63, 3.8) is 0 Å². The Morgan fingerprint density at radius 2 is 1.58 bits per heavy atom. The van der Waals surface area contributed by atoms with Crippen LogP contribution in [0.4, 0.5) is 11.4 Å². The van der Waals surface area contributed by atoms with Crippen molar-refractivity contribution in [1.29, 1.82) is 0 Å². The third kappa shape index (κ3) is 3.59. The molecule has 0 saturated heterocycles. The number of hydrogen-bond donors (Lipinski definition) is 3. The summed E-state index contributed by atoms with van der Waals surface area (Å²) in [6, 6.07) is 23.8. The van der Waals surface area contributed by atoms with Crippen LogP contribution in [0.5, 0.6) is 5.75 Å². The fourth-order valence-electron chi connectivity index (χ4n) is 4.70. The molecule has 4 nitrogen and oxygen atoms in total. The molecule has 0 aromatic heterocycles. The van der Waals surface area contributed by atoms with Crippen molar-refractivity contribution in [1.82, 2.24) is 0 Å². The number of hydrogen-bond acceptors (Lipinski definition) is 4. The third-order valence-corrected chi connectivity index (χ3v) is 6.18. The first-order valence-corrected chi connectivity index (χ1v) is 10.7. The number of carbonyl (C=O) groups excluding carboxylic acids is 1. The van der Waals surface area contributed by atoms with E-state index in [1.807, 2.05) is 30.3 Å². The van der Waals surface area contributed by atoms with Gasteiger partial charge in [0.15, 0.2) is 5.78 Å². The second-order valence-corrected chi connectivity index (χ2v) is 9.22. The minimum absolute atomic E-state index is 0.125. The molecule has 0 fully saturated rings. The number of Topliss-reactive ketones (excluding diaryl/α,β-unsaturated/α-hetero) is 1. The van der Waals surface area contributed by atoms with Crippen LogP contribution in [0, 0.1) is 5.41 Å². The van der Waals surface area contributed by atoms with Crippen LogP contribution >= 0.6 is 0 Å². The SMILES string of the molecule is CC1(C)CC(=O)C2=C(C1)Nc1c(O)cccc1NC2c1ccc(-c2ccccc2)cc1. The average Bonchev–Trinajstić information content (AvgIpc) is 2.91.